The summed E-state index contributed by atoms with van der Waals surface area (Å²) in [5.41, 5.74) is 2.83. The summed E-state index contributed by atoms with van der Waals surface area (Å²) in [7, 11) is -2.39. The second kappa shape index (κ2) is 9.85. The van der Waals surface area contributed by atoms with Gasteiger partial charge in [0.15, 0.2) is 0 Å². The van der Waals surface area contributed by atoms with Crippen molar-refractivity contribution in [3.63, 3.8) is 0 Å². The van der Waals surface area contributed by atoms with Crippen LogP contribution in [0.15, 0.2) is 53.4 Å². The van der Waals surface area contributed by atoms with Crippen LogP contribution in [0.1, 0.15) is 25.0 Å². The van der Waals surface area contributed by atoms with Crippen LogP contribution in [-0.2, 0) is 32.6 Å². The van der Waals surface area contributed by atoms with Gasteiger partial charge in [-0.1, -0.05) is 30.3 Å². The van der Waals surface area contributed by atoms with Gasteiger partial charge in [0, 0.05) is 58.4 Å². The van der Waals surface area contributed by atoms with Crippen molar-refractivity contribution in [2.45, 2.75) is 37.8 Å². The van der Waals surface area contributed by atoms with E-state index in [1.54, 1.807) is 21.9 Å². The summed E-state index contributed by atoms with van der Waals surface area (Å²) in [4.78, 5) is 30.7. The maximum absolute atomic E-state index is 13.2. The Bertz CT molecular complexity index is 1160. The molecule has 0 saturated carbocycles. The number of piperazine rings is 1. The Morgan fingerprint density at radius 2 is 1.71 bits per heavy atom. The molecule has 9 heteroatoms. The summed E-state index contributed by atoms with van der Waals surface area (Å²) in [5.74, 6) is -0.253. The van der Waals surface area contributed by atoms with Crippen molar-refractivity contribution < 1.29 is 18.0 Å². The molecule has 0 radical (unpaired) electrons. The Labute approximate surface area is 201 Å². The lowest BCUT2D eigenvalue weighted by Crippen LogP contribution is -2.51. The van der Waals surface area contributed by atoms with Gasteiger partial charge in [-0.25, -0.2) is 8.42 Å². The smallest absolute Gasteiger partial charge is 0.243 e. The second-order valence-corrected chi connectivity index (χ2v) is 11.2. The van der Waals surface area contributed by atoms with E-state index in [9.17, 15) is 18.0 Å². The highest BCUT2D eigenvalue weighted by atomic mass is 32.2. The number of fused-ring (bicyclic) bond motifs is 1. The van der Waals surface area contributed by atoms with Gasteiger partial charge in [0.05, 0.1) is 11.4 Å². The van der Waals surface area contributed by atoms with Crippen LogP contribution in [-0.4, -0.2) is 80.2 Å². The minimum absolute atomic E-state index is 0.00896. The topological polar surface area (TPSA) is 81.2 Å². The molecular formula is C25H32N4O4S. The van der Waals surface area contributed by atoms with Crippen LogP contribution >= 0.6 is 0 Å². The number of nitrogens with zero attached hydrogens (tertiary/aromatic N) is 4. The van der Waals surface area contributed by atoms with Crippen LogP contribution in [0.3, 0.4) is 0 Å². The van der Waals surface area contributed by atoms with Crippen molar-refractivity contribution in [3.8, 4) is 0 Å². The zero-order valence-electron chi connectivity index (χ0n) is 20.0. The highest BCUT2D eigenvalue weighted by molar-refractivity contribution is 7.89. The minimum Gasteiger partial charge on any atom is -0.339 e. The van der Waals surface area contributed by atoms with Crippen molar-refractivity contribution in [1.29, 1.82) is 0 Å². The Morgan fingerprint density at radius 1 is 1.03 bits per heavy atom. The molecule has 2 aromatic carbocycles. The number of amides is 2. The molecule has 8 nitrogen and oxygen atoms in total. The second-order valence-electron chi connectivity index (χ2n) is 9.14. The van der Waals surface area contributed by atoms with E-state index in [1.165, 1.54) is 25.6 Å². The number of sulfonamides is 1. The Kier molecular flexibility index (Phi) is 7.06. The molecule has 2 amide bonds. The Hall–Kier alpha value is -2.75. The molecule has 0 spiro atoms. The van der Waals surface area contributed by atoms with Crippen molar-refractivity contribution in [2.75, 3.05) is 44.7 Å². The lowest BCUT2D eigenvalue weighted by molar-refractivity contribution is -0.133. The van der Waals surface area contributed by atoms with Gasteiger partial charge in [0.1, 0.15) is 0 Å². The maximum Gasteiger partial charge on any atom is 0.243 e. The third-order valence-corrected chi connectivity index (χ3v) is 8.45. The normalized spacial score (nSPS) is 18.9. The zero-order chi connectivity index (χ0) is 24.5. The molecule has 2 aliphatic rings. The third-order valence-electron chi connectivity index (χ3n) is 6.65. The van der Waals surface area contributed by atoms with E-state index in [0.717, 1.165) is 35.2 Å². The first-order valence-corrected chi connectivity index (χ1v) is 13.0. The molecule has 1 fully saturated rings. The fraction of sp³-hybridized carbons (Fsp3) is 0.440. The van der Waals surface area contributed by atoms with Crippen molar-refractivity contribution in [2.24, 2.45) is 0 Å². The van der Waals surface area contributed by atoms with Gasteiger partial charge >= 0.3 is 0 Å². The highest BCUT2D eigenvalue weighted by Gasteiger charge is 2.32. The summed E-state index contributed by atoms with van der Waals surface area (Å²) in [5, 5.41) is 0. The number of carbonyl (C=O) groups excluding carboxylic acids is 2. The van der Waals surface area contributed by atoms with E-state index in [0.29, 0.717) is 19.5 Å². The number of rotatable bonds is 6. The maximum atomic E-state index is 13.2. The predicted octanol–water partition coefficient (Wildman–Crippen LogP) is 1.95. The van der Waals surface area contributed by atoms with E-state index in [2.05, 4.69) is 17.0 Å². The summed E-state index contributed by atoms with van der Waals surface area (Å²) in [6, 6.07) is 15.1. The average Bonchev–Trinajstić information content (AvgIpc) is 3.15. The van der Waals surface area contributed by atoms with Gasteiger partial charge in [-0.2, -0.15) is 4.31 Å². The van der Waals surface area contributed by atoms with Crippen molar-refractivity contribution in [3.05, 3.63) is 59.7 Å². The fourth-order valence-electron chi connectivity index (χ4n) is 4.80. The molecular weight excluding hydrogens is 452 g/mol. The van der Waals surface area contributed by atoms with Crippen LogP contribution in [0.4, 0.5) is 5.69 Å². The van der Waals surface area contributed by atoms with Gasteiger partial charge in [-0.3, -0.25) is 14.5 Å². The largest absolute Gasteiger partial charge is 0.339 e. The molecule has 1 atom stereocenters. The van der Waals surface area contributed by atoms with Gasteiger partial charge in [0.25, 0.3) is 0 Å². The van der Waals surface area contributed by atoms with E-state index in [4.69, 9.17) is 0 Å². The third kappa shape index (κ3) is 5.01. The first kappa shape index (κ1) is 24.4. The van der Waals surface area contributed by atoms with Crippen LogP contribution in [0, 0.1) is 0 Å². The number of anilines is 1. The molecule has 2 heterocycles. The number of benzene rings is 2. The molecule has 0 aliphatic carbocycles. The lowest BCUT2D eigenvalue weighted by atomic mass is 10.1. The first-order chi connectivity index (χ1) is 16.2. The molecule has 0 unspecified atom stereocenters. The zero-order valence-corrected chi connectivity index (χ0v) is 20.8. The quantitative estimate of drug-likeness (QED) is 0.626. The molecule has 4 rings (SSSR count). The summed E-state index contributed by atoms with van der Waals surface area (Å²) < 4.78 is 27.5. The van der Waals surface area contributed by atoms with Crippen molar-refractivity contribution in [1.82, 2.24) is 14.1 Å². The van der Waals surface area contributed by atoms with Crippen LogP contribution in [0.2, 0.25) is 0 Å². The van der Waals surface area contributed by atoms with Gasteiger partial charge in [-0.05, 0) is 42.7 Å². The van der Waals surface area contributed by atoms with Gasteiger partial charge in [0.2, 0.25) is 21.8 Å². The first-order valence-electron chi connectivity index (χ1n) is 11.6. The van der Waals surface area contributed by atoms with Crippen LogP contribution < -0.4 is 4.90 Å². The number of hydrogen-bond acceptors (Lipinski definition) is 5. The molecule has 34 heavy (non-hydrogen) atoms. The number of hydrogen-bond donors (Lipinski definition) is 0. The molecule has 0 aromatic heterocycles. The molecule has 0 bridgehead atoms. The minimum atomic E-state index is -3.83. The molecule has 0 N–H and O–H groups in total. The molecule has 182 valence electrons. The predicted molar refractivity (Wildman–Crippen MR) is 131 cm³/mol. The van der Waals surface area contributed by atoms with E-state index >= 15 is 0 Å². The monoisotopic (exact) mass is 484 g/mol. The molecule has 2 aliphatic heterocycles. The van der Waals surface area contributed by atoms with Crippen LogP contribution in [0.25, 0.3) is 0 Å². The fourth-order valence-corrected chi connectivity index (χ4v) is 5.97. The summed E-state index contributed by atoms with van der Waals surface area (Å²) in [6.45, 7) is 6.77. The van der Waals surface area contributed by atoms with E-state index in [1.807, 2.05) is 25.1 Å². The summed E-state index contributed by atoms with van der Waals surface area (Å²) >= 11 is 0. The SMILES string of the molecule is CC(=O)N1c2ccc(S(=O)(=O)N(C)CC(=O)N3CCN(Cc4ccccc4)CC3)cc2C[C@@H]1C. The van der Waals surface area contributed by atoms with E-state index in [-0.39, 0.29) is 29.3 Å². The average molecular weight is 485 g/mol. The summed E-state index contributed by atoms with van der Waals surface area (Å²) in [6.07, 6.45) is 0.605. The standard InChI is InChI=1S/C25H32N4O4S/c1-19-15-22-16-23(9-10-24(22)29(19)20(2)30)34(32,33)26(3)18-25(31)28-13-11-27(12-14-28)17-21-7-5-4-6-8-21/h4-10,16,19H,11-15,17-18H2,1-3H3/t19-/m0/s1. The van der Waals surface area contributed by atoms with Crippen molar-refractivity contribution >= 4 is 27.5 Å². The Morgan fingerprint density at radius 3 is 2.35 bits per heavy atom. The molecule has 2 aromatic rings. The number of carbonyl (C=O) groups is 2. The van der Waals surface area contributed by atoms with Crippen LogP contribution in [0.5, 0.6) is 0 Å². The number of likely N-dealkylation sites (N-methyl/N-ethyl adjacent to an activating group) is 1. The van der Waals surface area contributed by atoms with Gasteiger partial charge in [-0.15, -0.1) is 0 Å². The lowest BCUT2D eigenvalue weighted by Gasteiger charge is -2.35. The Balaban J connectivity index is 1.36. The molecule has 1 saturated heterocycles. The van der Waals surface area contributed by atoms with Gasteiger partial charge < -0.3 is 9.80 Å². The van der Waals surface area contributed by atoms with E-state index < -0.39 is 10.0 Å². The highest BCUT2D eigenvalue weighted by Crippen LogP contribution is 2.34.